The molecule has 0 saturated carbocycles. The number of ketones is 1. The van der Waals surface area contributed by atoms with Gasteiger partial charge in [0, 0.05) is 15.5 Å². The first kappa shape index (κ1) is 15.2. The third-order valence-electron chi connectivity index (χ3n) is 2.79. The minimum atomic E-state index is -0.419. The predicted molar refractivity (Wildman–Crippen MR) is 80.6 cm³/mol. The van der Waals surface area contributed by atoms with E-state index in [-0.39, 0.29) is 12.2 Å². The maximum absolute atomic E-state index is 11.9. The number of hydrogen-bond donors (Lipinski definition) is 0. The lowest BCUT2D eigenvalue weighted by Crippen LogP contribution is -2.22. The molecule has 0 bridgehead atoms. The Morgan fingerprint density at radius 3 is 2.70 bits per heavy atom. The highest BCUT2D eigenvalue weighted by molar-refractivity contribution is 9.10. The van der Waals surface area contributed by atoms with E-state index in [1.807, 2.05) is 26.8 Å². The van der Waals surface area contributed by atoms with Crippen LogP contribution in [-0.4, -0.2) is 15.9 Å². The van der Waals surface area contributed by atoms with E-state index in [0.29, 0.717) is 16.7 Å². The van der Waals surface area contributed by atoms with Crippen LogP contribution in [0.15, 0.2) is 27.2 Å². The van der Waals surface area contributed by atoms with Crippen LogP contribution in [0.25, 0.3) is 11.4 Å². The normalized spacial score (nSPS) is 11.7. The van der Waals surface area contributed by atoms with Crippen molar-refractivity contribution in [1.29, 1.82) is 0 Å². The zero-order valence-electron chi connectivity index (χ0n) is 11.4. The number of carbonyl (C=O) groups excluding carboxylic acids is 1. The van der Waals surface area contributed by atoms with E-state index >= 15 is 0 Å². The summed E-state index contributed by atoms with van der Waals surface area (Å²) in [5.74, 6) is 0.829. The van der Waals surface area contributed by atoms with E-state index in [9.17, 15) is 4.79 Å². The molecule has 6 heteroatoms. The van der Waals surface area contributed by atoms with Crippen LogP contribution in [0.4, 0.5) is 0 Å². The Balaban J connectivity index is 2.21. The lowest BCUT2D eigenvalue weighted by atomic mass is 9.89. The second-order valence-electron chi connectivity index (χ2n) is 5.49. The number of Topliss-reactive ketones (excluding diaryl/α,β-unsaturated/α-hetero) is 1. The molecule has 1 aromatic carbocycles. The summed E-state index contributed by atoms with van der Waals surface area (Å²) in [6, 6.07) is 5.35. The van der Waals surface area contributed by atoms with Crippen LogP contribution < -0.4 is 0 Å². The number of carbonyl (C=O) groups is 1. The van der Waals surface area contributed by atoms with Gasteiger partial charge in [-0.1, -0.05) is 37.5 Å². The molecule has 20 heavy (non-hydrogen) atoms. The summed E-state index contributed by atoms with van der Waals surface area (Å²) in [6.45, 7) is 5.59. The van der Waals surface area contributed by atoms with Crippen molar-refractivity contribution in [3.05, 3.63) is 33.6 Å². The Labute approximate surface area is 130 Å². The number of halogens is 2. The predicted octanol–water partition coefficient (Wildman–Crippen LogP) is 4.31. The number of benzene rings is 1. The van der Waals surface area contributed by atoms with E-state index in [2.05, 4.69) is 26.1 Å². The summed E-state index contributed by atoms with van der Waals surface area (Å²) in [7, 11) is 0. The van der Waals surface area contributed by atoms with E-state index in [4.69, 9.17) is 16.1 Å². The van der Waals surface area contributed by atoms with Gasteiger partial charge in [0.1, 0.15) is 5.78 Å². The highest BCUT2D eigenvalue weighted by Gasteiger charge is 2.23. The van der Waals surface area contributed by atoms with Crippen molar-refractivity contribution in [1.82, 2.24) is 10.1 Å². The Kier molecular flexibility index (Phi) is 4.30. The van der Waals surface area contributed by atoms with Gasteiger partial charge in [0.15, 0.2) is 0 Å². The quantitative estimate of drug-likeness (QED) is 0.821. The zero-order valence-corrected chi connectivity index (χ0v) is 13.7. The molecule has 0 radical (unpaired) electrons. The summed E-state index contributed by atoms with van der Waals surface area (Å²) < 4.78 is 5.88. The van der Waals surface area contributed by atoms with E-state index < -0.39 is 5.41 Å². The first-order valence-electron chi connectivity index (χ1n) is 6.08. The fourth-order valence-corrected chi connectivity index (χ4v) is 1.98. The van der Waals surface area contributed by atoms with Crippen LogP contribution in [0.1, 0.15) is 26.7 Å². The average Bonchev–Trinajstić information content (AvgIpc) is 2.80. The molecule has 1 aromatic heterocycles. The summed E-state index contributed by atoms with van der Waals surface area (Å²) >= 11 is 9.28. The molecule has 1 heterocycles. The van der Waals surface area contributed by atoms with Crippen LogP contribution >= 0.6 is 27.5 Å². The molecule has 0 aliphatic heterocycles. The second-order valence-corrected chi connectivity index (χ2v) is 6.75. The zero-order chi connectivity index (χ0) is 14.9. The van der Waals surface area contributed by atoms with Crippen LogP contribution in [0.2, 0.25) is 5.02 Å². The Bertz CT molecular complexity index is 647. The number of rotatable bonds is 3. The molecule has 4 nitrogen and oxygen atoms in total. The van der Waals surface area contributed by atoms with E-state index in [0.717, 1.165) is 10.0 Å². The maximum atomic E-state index is 11.9. The Hall–Kier alpha value is -1.20. The lowest BCUT2D eigenvalue weighted by molar-refractivity contribution is -0.125. The maximum Gasteiger partial charge on any atom is 0.234 e. The second kappa shape index (κ2) is 5.66. The average molecular weight is 358 g/mol. The first-order chi connectivity index (χ1) is 9.27. The molecule has 0 amide bonds. The van der Waals surface area contributed by atoms with Crippen molar-refractivity contribution >= 4 is 33.3 Å². The highest BCUT2D eigenvalue weighted by Crippen LogP contribution is 2.27. The molecular formula is C14H14BrClN2O2. The van der Waals surface area contributed by atoms with Gasteiger partial charge in [-0.2, -0.15) is 4.98 Å². The van der Waals surface area contributed by atoms with Crippen LogP contribution in [-0.2, 0) is 11.2 Å². The standard InChI is InChI=1S/C14H14BrClN2O2/c1-14(2,3)11(19)7-12-17-13(18-20-12)8-4-5-10(16)9(15)6-8/h4-6H,7H2,1-3H3. The third-order valence-corrected chi connectivity index (χ3v) is 4.01. The van der Waals surface area contributed by atoms with Gasteiger partial charge in [-0.25, -0.2) is 0 Å². The minimum Gasteiger partial charge on any atom is -0.339 e. The summed E-state index contributed by atoms with van der Waals surface area (Å²) in [4.78, 5) is 16.2. The van der Waals surface area contributed by atoms with Gasteiger partial charge in [0.05, 0.1) is 11.4 Å². The molecule has 0 aliphatic rings. The molecule has 0 fully saturated rings. The third kappa shape index (κ3) is 3.46. The van der Waals surface area contributed by atoms with Crippen molar-refractivity contribution in [3.63, 3.8) is 0 Å². The smallest absolute Gasteiger partial charge is 0.234 e. The van der Waals surface area contributed by atoms with Crippen molar-refractivity contribution in [2.24, 2.45) is 5.41 Å². The van der Waals surface area contributed by atoms with Gasteiger partial charge in [-0.3, -0.25) is 4.79 Å². The molecule has 2 rings (SSSR count). The molecule has 0 unspecified atom stereocenters. The van der Waals surface area contributed by atoms with Gasteiger partial charge in [-0.05, 0) is 34.1 Å². The molecule has 0 spiro atoms. The molecule has 2 aromatic rings. The van der Waals surface area contributed by atoms with Gasteiger partial charge in [0.2, 0.25) is 11.7 Å². The minimum absolute atomic E-state index is 0.0602. The van der Waals surface area contributed by atoms with Crippen LogP contribution in [0.5, 0.6) is 0 Å². The van der Waals surface area contributed by atoms with Gasteiger partial charge >= 0.3 is 0 Å². The SMILES string of the molecule is CC(C)(C)C(=O)Cc1nc(-c2ccc(Cl)c(Br)c2)no1. The number of hydrogen-bond acceptors (Lipinski definition) is 4. The van der Waals surface area contributed by atoms with Crippen molar-refractivity contribution < 1.29 is 9.32 Å². The van der Waals surface area contributed by atoms with E-state index in [1.54, 1.807) is 12.1 Å². The summed E-state index contributed by atoms with van der Waals surface area (Å²) in [5, 5.41) is 4.50. The highest BCUT2D eigenvalue weighted by atomic mass is 79.9. The first-order valence-corrected chi connectivity index (χ1v) is 7.26. The van der Waals surface area contributed by atoms with Crippen LogP contribution in [0, 0.1) is 5.41 Å². The largest absolute Gasteiger partial charge is 0.339 e. The number of nitrogens with zero attached hydrogens (tertiary/aromatic N) is 2. The van der Waals surface area contributed by atoms with Gasteiger partial charge in [0.25, 0.3) is 0 Å². The van der Waals surface area contributed by atoms with Crippen molar-refractivity contribution in [3.8, 4) is 11.4 Å². The fourth-order valence-electron chi connectivity index (χ4n) is 1.48. The van der Waals surface area contributed by atoms with Crippen molar-refractivity contribution in [2.45, 2.75) is 27.2 Å². The summed E-state index contributed by atoms with van der Waals surface area (Å²) in [5.41, 5.74) is 0.359. The monoisotopic (exact) mass is 356 g/mol. The van der Waals surface area contributed by atoms with E-state index in [1.165, 1.54) is 0 Å². The van der Waals surface area contributed by atoms with Crippen molar-refractivity contribution in [2.75, 3.05) is 0 Å². The summed E-state index contributed by atoms with van der Waals surface area (Å²) in [6.07, 6.45) is 0.144. The van der Waals surface area contributed by atoms with Gasteiger partial charge in [-0.15, -0.1) is 0 Å². The molecule has 0 aliphatic carbocycles. The van der Waals surface area contributed by atoms with Crippen LogP contribution in [0.3, 0.4) is 0 Å². The Morgan fingerprint density at radius 2 is 2.10 bits per heavy atom. The molecular weight excluding hydrogens is 344 g/mol. The van der Waals surface area contributed by atoms with Gasteiger partial charge < -0.3 is 4.52 Å². The molecule has 0 saturated heterocycles. The topological polar surface area (TPSA) is 56.0 Å². The Morgan fingerprint density at radius 1 is 1.40 bits per heavy atom. The molecule has 0 atom stereocenters. The lowest BCUT2D eigenvalue weighted by Gasteiger charge is -2.14. The number of aromatic nitrogens is 2. The molecule has 106 valence electrons. The fraction of sp³-hybridized carbons (Fsp3) is 0.357. The molecule has 0 N–H and O–H groups in total.